The van der Waals surface area contributed by atoms with Crippen molar-refractivity contribution in [1.82, 2.24) is 11.1 Å². The minimum atomic E-state index is -4.94. The molecule has 1 aromatic carbocycles. The number of halogens is 1. The highest BCUT2D eigenvalue weighted by molar-refractivity contribution is 6.03. The van der Waals surface area contributed by atoms with Crippen LogP contribution in [0.2, 0.25) is 0 Å². The molecule has 0 bridgehead atoms. The summed E-state index contributed by atoms with van der Waals surface area (Å²) in [6.45, 7) is 0. The van der Waals surface area contributed by atoms with Gasteiger partial charge in [-0.15, -0.1) is 10.2 Å². The third-order valence-electron chi connectivity index (χ3n) is 4.31. The normalized spacial score (nSPS) is 12.5. The average Bonchev–Trinajstić information content (AvgIpc) is 2.68. The van der Waals surface area contributed by atoms with Gasteiger partial charge < -0.3 is 11.1 Å². The monoisotopic (exact) mass is 446 g/mol. The SMILES string of the molecule is CN(C)c1ccc(C(=C2C=CC(=[N+](C)C)C=C2)c2ccncc2)cc1.N.[O-][Cl+3]([O-])([O-])[O-]. The summed E-state index contributed by atoms with van der Waals surface area (Å²) in [5.41, 5.74) is 7.19. The predicted molar refractivity (Wildman–Crippen MR) is 111 cm³/mol. The highest BCUT2D eigenvalue weighted by Crippen LogP contribution is 2.30. The Morgan fingerprint density at radius 1 is 0.806 bits per heavy atom. The van der Waals surface area contributed by atoms with Crippen molar-refractivity contribution in [2.24, 2.45) is 0 Å². The summed E-state index contributed by atoms with van der Waals surface area (Å²) in [5.74, 6) is 0. The van der Waals surface area contributed by atoms with Crippen LogP contribution in [0.5, 0.6) is 0 Å². The van der Waals surface area contributed by atoms with Gasteiger partial charge in [0, 0.05) is 44.3 Å². The lowest BCUT2D eigenvalue weighted by molar-refractivity contribution is -2.00. The molecule has 1 heterocycles. The maximum atomic E-state index is 8.49. The molecule has 0 saturated heterocycles. The van der Waals surface area contributed by atoms with Crippen LogP contribution in [0, 0.1) is 10.2 Å². The van der Waals surface area contributed by atoms with Gasteiger partial charge in [-0.25, -0.2) is 23.2 Å². The zero-order valence-electron chi connectivity index (χ0n) is 18.0. The molecule has 0 spiro atoms. The summed E-state index contributed by atoms with van der Waals surface area (Å²) < 4.78 is 36.1. The molecule has 0 atom stereocenters. The molecule has 3 rings (SSSR count). The molecule has 2 aromatic rings. The Kier molecular flexibility index (Phi) is 9.73. The fourth-order valence-corrected chi connectivity index (χ4v) is 2.87. The summed E-state index contributed by atoms with van der Waals surface area (Å²) in [6.07, 6.45) is 12.4. The Morgan fingerprint density at radius 2 is 1.26 bits per heavy atom. The van der Waals surface area contributed by atoms with Crippen molar-refractivity contribution >= 4 is 17.0 Å². The van der Waals surface area contributed by atoms with Gasteiger partial charge in [0.15, 0.2) is 5.71 Å². The first kappa shape index (κ1) is 26.2. The fraction of sp³-hybridized carbons (Fsp3) is 0.182. The molecule has 0 fully saturated rings. The largest absolute Gasteiger partial charge is 0.378 e. The lowest BCUT2D eigenvalue weighted by atomic mass is 9.91. The summed E-state index contributed by atoms with van der Waals surface area (Å²) >= 11 is 0. The van der Waals surface area contributed by atoms with Crippen LogP contribution in [0.3, 0.4) is 0 Å². The summed E-state index contributed by atoms with van der Waals surface area (Å²) in [5, 5.41) is 0. The Labute approximate surface area is 184 Å². The molecule has 9 heteroatoms. The van der Waals surface area contributed by atoms with Gasteiger partial charge in [-0.05, 0) is 58.7 Å². The van der Waals surface area contributed by atoms with Gasteiger partial charge in [0.2, 0.25) is 0 Å². The summed E-state index contributed by atoms with van der Waals surface area (Å²) in [7, 11) is 3.29. The minimum absolute atomic E-state index is 0. The van der Waals surface area contributed by atoms with Crippen molar-refractivity contribution in [3.63, 3.8) is 0 Å². The van der Waals surface area contributed by atoms with Crippen molar-refractivity contribution in [3.8, 4) is 0 Å². The predicted octanol–water partition coefficient (Wildman–Crippen LogP) is -0.805. The van der Waals surface area contributed by atoms with E-state index >= 15 is 0 Å². The van der Waals surface area contributed by atoms with Crippen molar-refractivity contribution < 1.29 is 33.5 Å². The third-order valence-corrected chi connectivity index (χ3v) is 4.31. The zero-order chi connectivity index (χ0) is 22.3. The van der Waals surface area contributed by atoms with Gasteiger partial charge in [-0.2, -0.15) is 0 Å². The first-order valence-corrected chi connectivity index (χ1v) is 10.2. The van der Waals surface area contributed by atoms with E-state index in [2.05, 4.69) is 103 Å². The maximum absolute atomic E-state index is 8.49. The van der Waals surface area contributed by atoms with Crippen LogP contribution in [0.4, 0.5) is 5.69 Å². The number of anilines is 1. The number of nitrogens with zero attached hydrogens (tertiary/aromatic N) is 3. The number of aromatic nitrogens is 1. The van der Waals surface area contributed by atoms with E-state index in [9.17, 15) is 0 Å². The molecule has 0 aliphatic heterocycles. The zero-order valence-corrected chi connectivity index (χ0v) is 18.7. The molecule has 166 valence electrons. The van der Waals surface area contributed by atoms with E-state index in [4.69, 9.17) is 18.6 Å². The standard InChI is InChI=1S/C22H24N3.ClHO4.H3N/c1-24(2)20-9-5-17(6-10-20)22(19-13-15-23-16-14-19)18-7-11-21(12-8-18)25(3)4;2-1(3,4)5;/h5-16H,1-4H3;(H,2,3,4,5);1H3/q+1;;/p-1. The van der Waals surface area contributed by atoms with E-state index in [0.717, 1.165) is 0 Å². The molecule has 0 amide bonds. The second-order valence-corrected chi connectivity index (χ2v) is 7.63. The second-order valence-electron chi connectivity index (χ2n) is 6.87. The molecule has 0 unspecified atom stereocenters. The smallest absolute Gasteiger partial charge is 0.199 e. The molecule has 3 N–H and O–H groups in total. The van der Waals surface area contributed by atoms with Crippen LogP contribution in [0.1, 0.15) is 11.1 Å². The molecular weight excluding hydrogens is 420 g/mol. The van der Waals surface area contributed by atoms with Gasteiger partial charge in [-0.1, -0.05) is 12.1 Å². The lowest BCUT2D eigenvalue weighted by Crippen LogP contribution is -2.68. The molecule has 0 saturated carbocycles. The fourth-order valence-electron chi connectivity index (χ4n) is 2.87. The number of pyridine rings is 1. The van der Waals surface area contributed by atoms with E-state index in [1.54, 1.807) is 0 Å². The van der Waals surface area contributed by atoms with Crippen LogP contribution in [-0.2, 0) is 0 Å². The van der Waals surface area contributed by atoms with Gasteiger partial charge in [0.25, 0.3) is 0 Å². The minimum Gasteiger partial charge on any atom is -0.378 e. The van der Waals surface area contributed by atoms with E-state index in [1.165, 1.54) is 33.7 Å². The van der Waals surface area contributed by atoms with Crippen molar-refractivity contribution in [2.75, 3.05) is 33.1 Å². The Bertz CT molecular complexity index is 949. The van der Waals surface area contributed by atoms with Gasteiger partial charge in [-0.3, -0.25) is 4.98 Å². The van der Waals surface area contributed by atoms with E-state index in [1.807, 2.05) is 12.4 Å². The highest BCUT2D eigenvalue weighted by atomic mass is 35.7. The van der Waals surface area contributed by atoms with Crippen molar-refractivity contribution in [3.05, 3.63) is 89.8 Å². The molecule has 1 aliphatic carbocycles. The molecule has 8 nitrogen and oxygen atoms in total. The van der Waals surface area contributed by atoms with Crippen molar-refractivity contribution in [2.45, 2.75) is 0 Å². The van der Waals surface area contributed by atoms with E-state index in [-0.39, 0.29) is 6.15 Å². The van der Waals surface area contributed by atoms with E-state index < -0.39 is 10.2 Å². The van der Waals surface area contributed by atoms with Crippen molar-refractivity contribution in [1.29, 1.82) is 0 Å². The van der Waals surface area contributed by atoms with Crippen LogP contribution < -0.4 is 29.7 Å². The van der Waals surface area contributed by atoms with Gasteiger partial charge >= 0.3 is 0 Å². The maximum Gasteiger partial charge on any atom is 0.199 e. The Hall–Kier alpha value is -2.85. The summed E-state index contributed by atoms with van der Waals surface area (Å²) in [4.78, 5) is 6.28. The average molecular weight is 447 g/mol. The van der Waals surface area contributed by atoms with E-state index in [0.29, 0.717) is 0 Å². The Balaban J connectivity index is 0.000000721. The number of benzene rings is 1. The number of rotatable bonds is 3. The number of hydrogen-bond acceptors (Lipinski definition) is 7. The second kappa shape index (κ2) is 11.5. The van der Waals surface area contributed by atoms with Crippen LogP contribution in [0.15, 0.2) is 78.7 Å². The molecular formula is C22H27ClN4O4. The van der Waals surface area contributed by atoms with Gasteiger partial charge in [0.1, 0.15) is 14.1 Å². The summed E-state index contributed by atoms with van der Waals surface area (Å²) in [6, 6.07) is 12.8. The highest BCUT2D eigenvalue weighted by Gasteiger charge is 2.13. The van der Waals surface area contributed by atoms with Crippen LogP contribution in [-0.4, -0.2) is 43.5 Å². The number of allylic oxidation sites excluding steroid dienone is 5. The van der Waals surface area contributed by atoms with Gasteiger partial charge in [0.05, 0.1) is 0 Å². The molecule has 0 radical (unpaired) electrons. The molecule has 1 aromatic heterocycles. The number of hydrogen-bond donors (Lipinski definition) is 1. The third kappa shape index (κ3) is 8.42. The van der Waals surface area contributed by atoms with Crippen LogP contribution >= 0.6 is 0 Å². The molecule has 1 aliphatic rings. The lowest BCUT2D eigenvalue weighted by Gasteiger charge is -2.17. The quantitative estimate of drug-likeness (QED) is 0.606. The molecule has 31 heavy (non-hydrogen) atoms. The first-order valence-electron chi connectivity index (χ1n) is 9.01. The topological polar surface area (TPSA) is 146 Å². The Morgan fingerprint density at radius 3 is 1.68 bits per heavy atom. The first-order chi connectivity index (χ1) is 14.1. The van der Waals surface area contributed by atoms with Crippen LogP contribution in [0.25, 0.3) is 5.57 Å².